The fourth-order valence-corrected chi connectivity index (χ4v) is 3.43. The maximum Gasteiger partial charge on any atom is 0.246 e. The summed E-state index contributed by atoms with van der Waals surface area (Å²) in [7, 11) is 0. The first kappa shape index (κ1) is 18.0. The van der Waals surface area contributed by atoms with Gasteiger partial charge in [0.1, 0.15) is 0 Å². The average molecular weight is 321 g/mol. The summed E-state index contributed by atoms with van der Waals surface area (Å²) in [6, 6.07) is -0.0177. The number of allylic oxidation sites excluding steroid dienone is 1. The molecule has 2 heterocycles. The second-order valence-electron chi connectivity index (χ2n) is 6.70. The Morgan fingerprint density at radius 3 is 2.65 bits per heavy atom. The number of nitrogens with one attached hydrogen (secondary N) is 2. The van der Waals surface area contributed by atoms with Crippen molar-refractivity contribution in [3.05, 3.63) is 11.6 Å². The number of hydrogen-bond donors (Lipinski definition) is 2. The Morgan fingerprint density at radius 1 is 1.22 bits per heavy atom. The minimum Gasteiger partial charge on any atom is -0.354 e. The molecule has 0 aromatic carbocycles. The minimum atomic E-state index is -0.0177. The Kier molecular flexibility index (Phi) is 7.09. The molecule has 2 fully saturated rings. The maximum atomic E-state index is 12.4. The van der Waals surface area contributed by atoms with E-state index in [1.54, 1.807) is 0 Å². The van der Waals surface area contributed by atoms with Gasteiger partial charge in [0.05, 0.1) is 6.04 Å². The van der Waals surface area contributed by atoms with Crippen LogP contribution in [-0.2, 0) is 9.59 Å². The fraction of sp³-hybridized carbons (Fsp3) is 0.778. The standard InChI is InChI=1S/C18H31N3O2/c1-3-14(4-2)11-17(22)21-10-6-7-15(13-21)12-20-18(23)16-8-5-9-19-16/h11,15-16,19H,3-10,12-13H2,1-2H3,(H,20,23)/t15-,16+/m0/s1. The molecule has 0 unspecified atom stereocenters. The molecule has 23 heavy (non-hydrogen) atoms. The number of nitrogens with zero attached hydrogens (tertiary/aromatic N) is 1. The molecular formula is C18H31N3O2. The van der Waals surface area contributed by atoms with Crippen molar-refractivity contribution in [1.29, 1.82) is 0 Å². The highest BCUT2D eigenvalue weighted by Crippen LogP contribution is 2.17. The third-order valence-electron chi connectivity index (χ3n) is 5.01. The summed E-state index contributed by atoms with van der Waals surface area (Å²) in [5.41, 5.74) is 1.21. The minimum absolute atomic E-state index is 0.0177. The van der Waals surface area contributed by atoms with Crippen LogP contribution in [0.25, 0.3) is 0 Å². The van der Waals surface area contributed by atoms with Crippen LogP contribution in [-0.4, -0.2) is 48.9 Å². The highest BCUT2D eigenvalue weighted by Gasteiger charge is 2.25. The molecule has 5 nitrogen and oxygen atoms in total. The van der Waals surface area contributed by atoms with E-state index >= 15 is 0 Å². The molecule has 0 aromatic rings. The number of carbonyl (C=O) groups excluding carboxylic acids is 2. The first-order valence-corrected chi connectivity index (χ1v) is 9.13. The van der Waals surface area contributed by atoms with Gasteiger partial charge in [-0.2, -0.15) is 0 Å². The molecule has 2 aliphatic rings. The second kappa shape index (κ2) is 9.06. The first-order valence-electron chi connectivity index (χ1n) is 9.13. The van der Waals surface area contributed by atoms with Crippen molar-refractivity contribution < 1.29 is 9.59 Å². The SMILES string of the molecule is CCC(=CC(=O)N1CCC[C@@H](CNC(=O)[C@H]2CCCN2)C1)CC. The van der Waals surface area contributed by atoms with Gasteiger partial charge < -0.3 is 15.5 Å². The van der Waals surface area contributed by atoms with Crippen molar-refractivity contribution in [3.8, 4) is 0 Å². The van der Waals surface area contributed by atoms with Crippen molar-refractivity contribution >= 4 is 11.8 Å². The van der Waals surface area contributed by atoms with Gasteiger partial charge in [-0.3, -0.25) is 9.59 Å². The van der Waals surface area contributed by atoms with E-state index < -0.39 is 0 Å². The van der Waals surface area contributed by atoms with E-state index in [0.29, 0.717) is 12.5 Å². The quantitative estimate of drug-likeness (QED) is 0.734. The molecule has 0 saturated carbocycles. The molecule has 0 aromatic heterocycles. The summed E-state index contributed by atoms with van der Waals surface area (Å²) in [6.45, 7) is 7.40. The Morgan fingerprint density at radius 2 is 2.00 bits per heavy atom. The lowest BCUT2D eigenvalue weighted by atomic mass is 9.97. The average Bonchev–Trinajstić information content (AvgIpc) is 3.12. The molecule has 2 amide bonds. The maximum absolute atomic E-state index is 12.4. The van der Waals surface area contributed by atoms with E-state index in [9.17, 15) is 9.59 Å². The molecule has 2 atom stereocenters. The lowest BCUT2D eigenvalue weighted by Gasteiger charge is -2.32. The summed E-state index contributed by atoms with van der Waals surface area (Å²) in [5, 5.41) is 6.28. The van der Waals surface area contributed by atoms with Crippen LogP contribution in [0.5, 0.6) is 0 Å². The van der Waals surface area contributed by atoms with Crippen LogP contribution in [0.3, 0.4) is 0 Å². The van der Waals surface area contributed by atoms with E-state index in [4.69, 9.17) is 0 Å². The second-order valence-corrected chi connectivity index (χ2v) is 6.70. The molecule has 2 N–H and O–H groups in total. The van der Waals surface area contributed by atoms with Crippen molar-refractivity contribution in [2.24, 2.45) is 5.92 Å². The van der Waals surface area contributed by atoms with Gasteiger partial charge in [-0.1, -0.05) is 19.4 Å². The molecule has 0 radical (unpaired) electrons. The molecule has 0 bridgehead atoms. The van der Waals surface area contributed by atoms with Gasteiger partial charge in [0.15, 0.2) is 0 Å². The highest BCUT2D eigenvalue weighted by atomic mass is 16.2. The van der Waals surface area contributed by atoms with Crippen molar-refractivity contribution in [3.63, 3.8) is 0 Å². The van der Waals surface area contributed by atoms with Crippen LogP contribution >= 0.6 is 0 Å². The number of rotatable bonds is 6. The van der Waals surface area contributed by atoms with Gasteiger partial charge in [0.2, 0.25) is 11.8 Å². The first-order chi connectivity index (χ1) is 11.1. The summed E-state index contributed by atoms with van der Waals surface area (Å²) < 4.78 is 0. The molecule has 2 aliphatic heterocycles. The smallest absolute Gasteiger partial charge is 0.246 e. The van der Waals surface area contributed by atoms with Crippen LogP contribution < -0.4 is 10.6 Å². The van der Waals surface area contributed by atoms with Gasteiger partial charge in [-0.15, -0.1) is 0 Å². The molecule has 5 heteroatoms. The lowest BCUT2D eigenvalue weighted by Crippen LogP contribution is -2.46. The molecule has 0 spiro atoms. The largest absolute Gasteiger partial charge is 0.354 e. The van der Waals surface area contributed by atoms with Crippen LogP contribution in [0.1, 0.15) is 52.4 Å². The number of likely N-dealkylation sites (tertiary alicyclic amines) is 1. The van der Waals surface area contributed by atoms with Crippen LogP contribution in [0.2, 0.25) is 0 Å². The zero-order valence-electron chi connectivity index (χ0n) is 14.6. The summed E-state index contributed by atoms with van der Waals surface area (Å²) in [5.74, 6) is 0.625. The van der Waals surface area contributed by atoms with Crippen LogP contribution in [0, 0.1) is 5.92 Å². The van der Waals surface area contributed by atoms with E-state index in [1.165, 1.54) is 5.57 Å². The third kappa shape index (κ3) is 5.34. The summed E-state index contributed by atoms with van der Waals surface area (Å²) >= 11 is 0. The Balaban J connectivity index is 1.79. The molecule has 130 valence electrons. The van der Waals surface area contributed by atoms with E-state index in [2.05, 4.69) is 24.5 Å². The third-order valence-corrected chi connectivity index (χ3v) is 5.01. The van der Waals surface area contributed by atoms with Crippen molar-refractivity contribution in [2.45, 2.75) is 58.4 Å². The summed E-state index contributed by atoms with van der Waals surface area (Å²) in [4.78, 5) is 26.4. The summed E-state index contributed by atoms with van der Waals surface area (Å²) in [6.07, 6.45) is 7.79. The van der Waals surface area contributed by atoms with E-state index in [-0.39, 0.29) is 17.9 Å². The van der Waals surface area contributed by atoms with Gasteiger partial charge >= 0.3 is 0 Å². The van der Waals surface area contributed by atoms with Crippen LogP contribution in [0.15, 0.2) is 11.6 Å². The highest BCUT2D eigenvalue weighted by molar-refractivity contribution is 5.88. The van der Waals surface area contributed by atoms with Gasteiger partial charge in [0.25, 0.3) is 0 Å². The number of piperidine rings is 1. The van der Waals surface area contributed by atoms with Crippen molar-refractivity contribution in [1.82, 2.24) is 15.5 Å². The molecule has 2 rings (SSSR count). The van der Waals surface area contributed by atoms with Crippen molar-refractivity contribution in [2.75, 3.05) is 26.2 Å². The topological polar surface area (TPSA) is 61.4 Å². The Bertz CT molecular complexity index is 436. The molecule has 0 aliphatic carbocycles. The van der Waals surface area contributed by atoms with E-state index in [0.717, 1.165) is 58.2 Å². The Labute approximate surface area is 139 Å². The number of amides is 2. The van der Waals surface area contributed by atoms with Crippen LogP contribution in [0.4, 0.5) is 0 Å². The zero-order valence-corrected chi connectivity index (χ0v) is 14.6. The predicted octanol–water partition coefficient (Wildman–Crippen LogP) is 1.84. The fourth-order valence-electron chi connectivity index (χ4n) is 3.43. The Hall–Kier alpha value is -1.36. The van der Waals surface area contributed by atoms with Gasteiger partial charge in [-0.05, 0) is 51.0 Å². The molecule has 2 saturated heterocycles. The molecular weight excluding hydrogens is 290 g/mol. The monoisotopic (exact) mass is 321 g/mol. The number of hydrogen-bond acceptors (Lipinski definition) is 3. The number of carbonyl (C=O) groups is 2. The van der Waals surface area contributed by atoms with Gasteiger partial charge in [-0.25, -0.2) is 0 Å². The normalized spacial score (nSPS) is 24.3. The van der Waals surface area contributed by atoms with E-state index in [1.807, 2.05) is 11.0 Å². The van der Waals surface area contributed by atoms with Gasteiger partial charge in [0, 0.05) is 25.7 Å². The predicted molar refractivity (Wildman–Crippen MR) is 92.0 cm³/mol. The lowest BCUT2D eigenvalue weighted by molar-refractivity contribution is -0.127. The zero-order chi connectivity index (χ0) is 16.7.